The molecule has 8 nitrogen and oxygen atoms in total. The summed E-state index contributed by atoms with van der Waals surface area (Å²) in [5, 5.41) is 19.8. The highest BCUT2D eigenvalue weighted by Crippen LogP contribution is 2.33. The Morgan fingerprint density at radius 3 is 2.55 bits per heavy atom. The van der Waals surface area contributed by atoms with E-state index in [2.05, 4.69) is 15.0 Å². The minimum absolute atomic E-state index is 0.0614. The first-order valence-electron chi connectivity index (χ1n) is 10.6. The van der Waals surface area contributed by atoms with Crippen molar-refractivity contribution in [1.29, 1.82) is 0 Å². The summed E-state index contributed by atoms with van der Waals surface area (Å²) in [5.74, 6) is 2.23. The molecule has 174 valence electrons. The Morgan fingerprint density at radius 1 is 1.09 bits per heavy atom. The molecule has 9 heteroatoms. The second kappa shape index (κ2) is 10.3. The minimum atomic E-state index is -0.368. The molecule has 0 fully saturated rings. The number of aromatic amines is 1. The van der Waals surface area contributed by atoms with Gasteiger partial charge in [-0.1, -0.05) is 0 Å². The summed E-state index contributed by atoms with van der Waals surface area (Å²) in [6.07, 6.45) is 3.10. The van der Waals surface area contributed by atoms with Gasteiger partial charge in [-0.3, -0.25) is 0 Å². The van der Waals surface area contributed by atoms with Crippen molar-refractivity contribution in [1.82, 2.24) is 9.97 Å². The third-order valence-electron chi connectivity index (χ3n) is 5.17. The molecule has 0 spiro atoms. The normalized spacial score (nSPS) is 18.5. The van der Waals surface area contributed by atoms with E-state index in [9.17, 15) is 10.2 Å². The van der Waals surface area contributed by atoms with E-state index >= 15 is 0 Å². The number of aliphatic imine (C=N–C) groups is 1. The summed E-state index contributed by atoms with van der Waals surface area (Å²) in [4.78, 5) is 12.1. The van der Waals surface area contributed by atoms with Gasteiger partial charge in [0.2, 0.25) is 5.90 Å². The van der Waals surface area contributed by atoms with Crippen LogP contribution in [0.5, 0.6) is 17.2 Å². The van der Waals surface area contributed by atoms with E-state index in [-0.39, 0.29) is 31.5 Å². The van der Waals surface area contributed by atoms with Crippen LogP contribution in [0.1, 0.15) is 19.5 Å². The van der Waals surface area contributed by atoms with Gasteiger partial charge >= 0.3 is 0 Å². The van der Waals surface area contributed by atoms with Crippen LogP contribution in [-0.2, 0) is 4.74 Å². The first kappa shape index (κ1) is 23.2. The minimum Gasteiger partial charge on any atom is -0.488 e. The number of thioether (sulfide) groups is 1. The molecule has 0 bridgehead atoms. The summed E-state index contributed by atoms with van der Waals surface area (Å²) >= 11 is 1.56. The molecule has 0 saturated heterocycles. The molecule has 33 heavy (non-hydrogen) atoms. The maximum atomic E-state index is 9.44. The number of pyridine rings is 1. The van der Waals surface area contributed by atoms with E-state index in [4.69, 9.17) is 14.2 Å². The van der Waals surface area contributed by atoms with Gasteiger partial charge < -0.3 is 29.4 Å². The zero-order valence-corrected chi connectivity index (χ0v) is 19.5. The molecule has 1 aliphatic rings. The lowest BCUT2D eigenvalue weighted by Crippen LogP contribution is -2.21. The molecule has 1 aromatic carbocycles. The number of aromatic nitrogens is 2. The highest BCUT2D eigenvalue weighted by atomic mass is 32.2. The van der Waals surface area contributed by atoms with Gasteiger partial charge in [0, 0.05) is 17.3 Å². The summed E-state index contributed by atoms with van der Waals surface area (Å²) in [7, 11) is 0. The lowest BCUT2D eigenvalue weighted by molar-refractivity contribution is 0.129. The van der Waals surface area contributed by atoms with E-state index in [0.717, 1.165) is 22.0 Å². The molecule has 3 N–H and O–H groups in total. The molecular weight excluding hydrogens is 442 g/mol. The highest BCUT2D eigenvalue weighted by molar-refractivity contribution is 7.98. The number of aliphatic hydroxyl groups excluding tert-OH is 2. The molecule has 4 rings (SSSR count). The number of ether oxygens (including phenoxy) is 3. The van der Waals surface area contributed by atoms with Gasteiger partial charge in [0.25, 0.3) is 0 Å². The summed E-state index contributed by atoms with van der Waals surface area (Å²) in [6, 6.07) is 12.8. The van der Waals surface area contributed by atoms with Gasteiger partial charge in [-0.05, 0) is 56.5 Å². The van der Waals surface area contributed by atoms with Gasteiger partial charge in [-0.25, -0.2) is 9.98 Å². The molecule has 3 aromatic rings. The number of nitrogens with one attached hydrogen (secondary N) is 1. The van der Waals surface area contributed by atoms with Crippen LogP contribution in [0.4, 0.5) is 0 Å². The number of nitrogens with zero attached hydrogens (tertiary/aromatic N) is 2. The molecule has 0 radical (unpaired) electrons. The summed E-state index contributed by atoms with van der Waals surface area (Å²) in [6.45, 7) is 3.51. The Hall–Kier alpha value is -3.01. The Kier molecular flexibility index (Phi) is 7.22. The summed E-state index contributed by atoms with van der Waals surface area (Å²) in [5.41, 5.74) is 2.37. The molecule has 2 unspecified atom stereocenters. The first-order valence-corrected chi connectivity index (χ1v) is 11.9. The fourth-order valence-corrected chi connectivity index (χ4v) is 3.72. The van der Waals surface area contributed by atoms with Crippen molar-refractivity contribution < 1.29 is 24.4 Å². The van der Waals surface area contributed by atoms with Crippen molar-refractivity contribution in [2.75, 3.05) is 19.5 Å². The van der Waals surface area contributed by atoms with Crippen LogP contribution in [0, 0.1) is 0 Å². The fourth-order valence-electron chi connectivity index (χ4n) is 3.36. The van der Waals surface area contributed by atoms with Crippen molar-refractivity contribution >= 4 is 17.7 Å². The Morgan fingerprint density at radius 2 is 1.88 bits per heavy atom. The van der Waals surface area contributed by atoms with Crippen LogP contribution >= 0.6 is 11.8 Å². The van der Waals surface area contributed by atoms with Crippen molar-refractivity contribution in [3.8, 4) is 28.5 Å². The molecule has 3 atom stereocenters. The van der Waals surface area contributed by atoms with Crippen LogP contribution in [0.25, 0.3) is 11.3 Å². The lowest BCUT2D eigenvalue weighted by Gasteiger charge is -2.15. The third-order valence-corrected chi connectivity index (χ3v) is 5.83. The van der Waals surface area contributed by atoms with Crippen molar-refractivity contribution in [3.63, 3.8) is 0 Å². The van der Waals surface area contributed by atoms with Crippen LogP contribution in [-0.4, -0.2) is 63.8 Å². The number of H-pyrrole nitrogens is 1. The topological polar surface area (TPSA) is 109 Å². The third kappa shape index (κ3) is 5.50. The van der Waals surface area contributed by atoms with E-state index in [0.29, 0.717) is 23.1 Å². The Labute approximate surface area is 196 Å². The largest absolute Gasteiger partial charge is 0.488 e. The van der Waals surface area contributed by atoms with Gasteiger partial charge in [0.1, 0.15) is 41.2 Å². The maximum absolute atomic E-state index is 9.44. The molecular formula is C24H27N3O5S. The van der Waals surface area contributed by atoms with Crippen molar-refractivity contribution in [2.45, 2.75) is 37.1 Å². The molecule has 2 aromatic heterocycles. The summed E-state index contributed by atoms with van der Waals surface area (Å²) < 4.78 is 17.7. The smallest absolute Gasteiger partial charge is 0.233 e. The van der Waals surface area contributed by atoms with E-state index in [1.165, 1.54) is 0 Å². The van der Waals surface area contributed by atoms with Gasteiger partial charge in [0.05, 0.1) is 24.4 Å². The first-order chi connectivity index (χ1) is 16.0. The molecule has 1 aliphatic heterocycles. The standard InChI is InChI=1S/C24H27N3O5S/c1-14(12-28)30-18-8-16(9-19(10-18)32-17-4-7-23(33-3)25-11-17)20-5-6-21(26-20)24-27-22(13-29)15(2)31-24/h4-11,14-15,22,26,28-29H,12-13H2,1-3H3/t14?,15-,22?/m0/s1. The maximum Gasteiger partial charge on any atom is 0.233 e. The van der Waals surface area contributed by atoms with Gasteiger partial charge in [-0.2, -0.15) is 0 Å². The van der Waals surface area contributed by atoms with E-state index in [1.54, 1.807) is 30.9 Å². The number of rotatable bonds is 9. The fraction of sp³-hybridized carbons (Fsp3) is 0.333. The van der Waals surface area contributed by atoms with Crippen LogP contribution in [0.15, 0.2) is 58.7 Å². The Bertz CT molecular complexity index is 1120. The Balaban J connectivity index is 1.63. The predicted molar refractivity (Wildman–Crippen MR) is 127 cm³/mol. The number of benzene rings is 1. The van der Waals surface area contributed by atoms with Gasteiger partial charge in [0.15, 0.2) is 0 Å². The second-order valence-electron chi connectivity index (χ2n) is 7.74. The zero-order valence-electron chi connectivity index (χ0n) is 18.7. The second-order valence-corrected chi connectivity index (χ2v) is 8.56. The van der Waals surface area contributed by atoms with Crippen molar-refractivity contribution in [3.05, 3.63) is 54.4 Å². The highest BCUT2D eigenvalue weighted by Gasteiger charge is 2.28. The quantitative estimate of drug-likeness (QED) is 0.408. The van der Waals surface area contributed by atoms with Crippen LogP contribution < -0.4 is 9.47 Å². The SMILES string of the molecule is CSc1ccc(Oc2cc(OC(C)CO)cc(-c3ccc(C4=NC(CO)[C@H](C)O4)[nH]3)c2)cn1. The van der Waals surface area contributed by atoms with E-state index < -0.39 is 0 Å². The molecule has 0 aliphatic carbocycles. The monoisotopic (exact) mass is 469 g/mol. The number of hydrogen-bond donors (Lipinski definition) is 3. The molecule has 0 saturated carbocycles. The van der Waals surface area contributed by atoms with Crippen LogP contribution in [0.2, 0.25) is 0 Å². The molecule has 0 amide bonds. The van der Waals surface area contributed by atoms with Crippen LogP contribution in [0.3, 0.4) is 0 Å². The number of aliphatic hydroxyl groups is 2. The predicted octanol–water partition coefficient (Wildman–Crippen LogP) is 3.88. The zero-order chi connectivity index (χ0) is 23.4. The average Bonchev–Trinajstić information content (AvgIpc) is 3.46. The van der Waals surface area contributed by atoms with Crippen molar-refractivity contribution in [2.24, 2.45) is 4.99 Å². The number of hydrogen-bond acceptors (Lipinski definition) is 8. The lowest BCUT2D eigenvalue weighted by atomic mass is 10.1. The van der Waals surface area contributed by atoms with Gasteiger partial charge in [-0.15, -0.1) is 11.8 Å². The average molecular weight is 470 g/mol. The molecule has 3 heterocycles. The van der Waals surface area contributed by atoms with E-state index in [1.807, 2.05) is 49.6 Å².